The van der Waals surface area contributed by atoms with Gasteiger partial charge in [-0.1, -0.05) is 68.5 Å². The van der Waals surface area contributed by atoms with Crippen LogP contribution in [0.25, 0.3) is 12.2 Å². The van der Waals surface area contributed by atoms with E-state index in [9.17, 15) is 0 Å². The van der Waals surface area contributed by atoms with Crippen LogP contribution < -0.4 is 0 Å². The van der Waals surface area contributed by atoms with E-state index in [-0.39, 0.29) is 6.61 Å². The molecule has 2 rings (SSSR count). The number of hydrogen-bond acceptors (Lipinski definition) is 1. The highest BCUT2D eigenvalue weighted by Crippen LogP contribution is 2.16. The van der Waals surface area contributed by atoms with Gasteiger partial charge in [0.2, 0.25) is 0 Å². The minimum absolute atomic E-state index is 0.0881. The Bertz CT molecular complexity index is 550. The van der Waals surface area contributed by atoms with Crippen LogP contribution in [0, 0.1) is 0 Å². The van der Waals surface area contributed by atoms with Crippen LogP contribution in [-0.4, -0.2) is 5.11 Å². The molecule has 0 spiro atoms. The van der Waals surface area contributed by atoms with Crippen molar-refractivity contribution in [3.63, 3.8) is 0 Å². The standard InChI is InChI=1S/C18H20O/c1-14(2)18-10-8-15(9-11-18)6-7-16-4-3-5-17(12-16)13-19/h3-12,14,19H,13H2,1-2H3/b7-6+. The van der Waals surface area contributed by atoms with Gasteiger partial charge in [-0.2, -0.15) is 0 Å². The van der Waals surface area contributed by atoms with Crippen LogP contribution in [0.1, 0.15) is 42.0 Å². The lowest BCUT2D eigenvalue weighted by Crippen LogP contribution is -1.86. The van der Waals surface area contributed by atoms with Crippen molar-refractivity contribution in [3.8, 4) is 0 Å². The first-order chi connectivity index (χ1) is 9.19. The number of rotatable bonds is 4. The van der Waals surface area contributed by atoms with Crippen molar-refractivity contribution < 1.29 is 5.11 Å². The average Bonchev–Trinajstić information content (AvgIpc) is 2.46. The molecule has 1 heteroatoms. The van der Waals surface area contributed by atoms with Crippen LogP contribution in [0.15, 0.2) is 48.5 Å². The van der Waals surface area contributed by atoms with Crippen molar-refractivity contribution in [1.29, 1.82) is 0 Å². The van der Waals surface area contributed by atoms with Gasteiger partial charge in [0.05, 0.1) is 6.61 Å². The van der Waals surface area contributed by atoms with Crippen LogP contribution in [0.4, 0.5) is 0 Å². The third kappa shape index (κ3) is 3.80. The van der Waals surface area contributed by atoms with Gasteiger partial charge in [-0.3, -0.25) is 0 Å². The number of aliphatic hydroxyl groups excluding tert-OH is 1. The Morgan fingerprint density at radius 3 is 2.26 bits per heavy atom. The zero-order chi connectivity index (χ0) is 13.7. The Balaban J connectivity index is 2.13. The van der Waals surface area contributed by atoms with E-state index in [4.69, 9.17) is 5.11 Å². The van der Waals surface area contributed by atoms with Gasteiger partial charge in [0.1, 0.15) is 0 Å². The van der Waals surface area contributed by atoms with Crippen LogP contribution in [0.5, 0.6) is 0 Å². The minimum Gasteiger partial charge on any atom is -0.392 e. The van der Waals surface area contributed by atoms with E-state index >= 15 is 0 Å². The third-order valence-corrected chi connectivity index (χ3v) is 3.20. The molecule has 0 aromatic heterocycles. The van der Waals surface area contributed by atoms with Gasteiger partial charge in [0.25, 0.3) is 0 Å². The Kier molecular flexibility index (Phi) is 4.53. The Morgan fingerprint density at radius 2 is 1.63 bits per heavy atom. The van der Waals surface area contributed by atoms with Crippen molar-refractivity contribution in [2.75, 3.05) is 0 Å². The molecule has 0 saturated carbocycles. The lowest BCUT2D eigenvalue weighted by molar-refractivity contribution is 0.282. The zero-order valence-electron chi connectivity index (χ0n) is 11.5. The van der Waals surface area contributed by atoms with Crippen molar-refractivity contribution >= 4 is 12.2 Å². The fourth-order valence-electron chi connectivity index (χ4n) is 1.98. The first-order valence-electron chi connectivity index (χ1n) is 6.67. The number of aliphatic hydroxyl groups is 1. The molecule has 1 N–H and O–H groups in total. The Labute approximate surface area is 115 Å². The van der Waals surface area contributed by atoms with Crippen molar-refractivity contribution in [2.45, 2.75) is 26.4 Å². The monoisotopic (exact) mass is 252 g/mol. The van der Waals surface area contributed by atoms with Crippen molar-refractivity contribution in [3.05, 3.63) is 70.8 Å². The molecule has 0 atom stereocenters. The molecule has 1 nitrogen and oxygen atoms in total. The maximum Gasteiger partial charge on any atom is 0.0682 e. The van der Waals surface area contributed by atoms with Crippen LogP contribution >= 0.6 is 0 Å². The van der Waals surface area contributed by atoms with Gasteiger partial charge in [0.15, 0.2) is 0 Å². The normalized spacial score (nSPS) is 11.4. The van der Waals surface area contributed by atoms with E-state index in [0.717, 1.165) is 11.1 Å². The number of benzene rings is 2. The van der Waals surface area contributed by atoms with Gasteiger partial charge in [-0.05, 0) is 34.2 Å². The summed E-state index contributed by atoms with van der Waals surface area (Å²) in [4.78, 5) is 0. The fraction of sp³-hybridized carbons (Fsp3) is 0.222. The molecule has 2 aromatic rings. The summed E-state index contributed by atoms with van der Waals surface area (Å²) in [6, 6.07) is 16.6. The highest BCUT2D eigenvalue weighted by atomic mass is 16.3. The molecule has 19 heavy (non-hydrogen) atoms. The van der Waals surface area contributed by atoms with E-state index in [1.54, 1.807) is 0 Å². The minimum atomic E-state index is 0.0881. The SMILES string of the molecule is CC(C)c1ccc(/C=C/c2cccc(CO)c2)cc1. The maximum atomic E-state index is 9.11. The van der Waals surface area contributed by atoms with Crippen LogP contribution in [0.3, 0.4) is 0 Å². The highest BCUT2D eigenvalue weighted by Gasteiger charge is 1.97. The predicted molar refractivity (Wildman–Crippen MR) is 81.8 cm³/mol. The lowest BCUT2D eigenvalue weighted by atomic mass is 10.0. The van der Waals surface area contributed by atoms with Crippen molar-refractivity contribution in [2.24, 2.45) is 0 Å². The van der Waals surface area contributed by atoms with Crippen LogP contribution in [-0.2, 0) is 6.61 Å². The molecule has 0 amide bonds. The molecular weight excluding hydrogens is 232 g/mol. The fourth-order valence-corrected chi connectivity index (χ4v) is 1.98. The first kappa shape index (κ1) is 13.6. The molecule has 0 aliphatic rings. The third-order valence-electron chi connectivity index (χ3n) is 3.20. The topological polar surface area (TPSA) is 20.2 Å². The van der Waals surface area contributed by atoms with Crippen molar-refractivity contribution in [1.82, 2.24) is 0 Å². The Morgan fingerprint density at radius 1 is 0.947 bits per heavy atom. The molecule has 0 bridgehead atoms. The van der Waals surface area contributed by atoms with Gasteiger partial charge in [-0.15, -0.1) is 0 Å². The molecule has 0 heterocycles. The quantitative estimate of drug-likeness (QED) is 0.796. The van der Waals surface area contributed by atoms with Gasteiger partial charge < -0.3 is 5.11 Å². The molecule has 0 aliphatic carbocycles. The summed E-state index contributed by atoms with van der Waals surface area (Å²) in [6.45, 7) is 4.49. The summed E-state index contributed by atoms with van der Waals surface area (Å²) in [5, 5.41) is 9.11. The van der Waals surface area contributed by atoms with E-state index in [2.05, 4.69) is 50.3 Å². The van der Waals surface area contributed by atoms with Gasteiger partial charge in [-0.25, -0.2) is 0 Å². The largest absolute Gasteiger partial charge is 0.392 e. The molecular formula is C18H20O. The molecule has 0 saturated heterocycles. The van der Waals surface area contributed by atoms with E-state index in [0.29, 0.717) is 5.92 Å². The summed E-state index contributed by atoms with van der Waals surface area (Å²) in [7, 11) is 0. The average molecular weight is 252 g/mol. The second-order valence-corrected chi connectivity index (χ2v) is 5.06. The highest BCUT2D eigenvalue weighted by molar-refractivity contribution is 5.69. The summed E-state index contributed by atoms with van der Waals surface area (Å²) >= 11 is 0. The second kappa shape index (κ2) is 6.35. The summed E-state index contributed by atoms with van der Waals surface area (Å²) < 4.78 is 0. The lowest BCUT2D eigenvalue weighted by Gasteiger charge is -2.04. The first-order valence-corrected chi connectivity index (χ1v) is 6.67. The van der Waals surface area contributed by atoms with E-state index < -0.39 is 0 Å². The predicted octanol–water partition coefficient (Wildman–Crippen LogP) is 4.47. The van der Waals surface area contributed by atoms with Crippen LogP contribution in [0.2, 0.25) is 0 Å². The van der Waals surface area contributed by atoms with Gasteiger partial charge in [0, 0.05) is 0 Å². The summed E-state index contributed by atoms with van der Waals surface area (Å²) in [5.41, 5.74) is 4.61. The zero-order valence-corrected chi connectivity index (χ0v) is 11.5. The molecule has 0 radical (unpaired) electrons. The van der Waals surface area contributed by atoms with E-state index in [1.165, 1.54) is 11.1 Å². The molecule has 2 aromatic carbocycles. The maximum absolute atomic E-state index is 9.11. The van der Waals surface area contributed by atoms with E-state index in [1.807, 2.05) is 24.3 Å². The van der Waals surface area contributed by atoms with Gasteiger partial charge >= 0.3 is 0 Å². The second-order valence-electron chi connectivity index (χ2n) is 5.06. The molecule has 0 aliphatic heterocycles. The number of hydrogen-bond donors (Lipinski definition) is 1. The summed E-state index contributed by atoms with van der Waals surface area (Å²) in [5.74, 6) is 0.569. The smallest absolute Gasteiger partial charge is 0.0682 e. The molecule has 0 unspecified atom stereocenters. The molecule has 98 valence electrons. The Hall–Kier alpha value is -1.86. The molecule has 0 fully saturated rings. The summed E-state index contributed by atoms with van der Waals surface area (Å²) in [6.07, 6.45) is 4.17.